The standard InChI is InChI=1S/C18H27N4O8P/c1-12(17(25)28-10-13-9-19-7-8-20-13)22-31(26)29-11-18(2,3)15(30-31)16(24)21-6-5-14(23)27-4/h7-9,12,15H,5-6,10-11H2,1-4H3,(H,21,24)(H,22,26)/t12?,15-,31-/m0/s1. The maximum absolute atomic E-state index is 13.0. The summed E-state index contributed by atoms with van der Waals surface area (Å²) < 4.78 is 33.5. The summed E-state index contributed by atoms with van der Waals surface area (Å²) in [6, 6.07) is -1.05. The number of nitrogens with zero attached hydrogens (tertiary/aromatic N) is 2. The summed E-state index contributed by atoms with van der Waals surface area (Å²) >= 11 is 0. The van der Waals surface area contributed by atoms with Crippen LogP contribution in [0.2, 0.25) is 0 Å². The Kier molecular flexibility index (Phi) is 8.63. The zero-order chi connectivity index (χ0) is 23.1. The molecule has 0 spiro atoms. The highest BCUT2D eigenvalue weighted by Gasteiger charge is 2.49. The number of amides is 1. The first-order valence-corrected chi connectivity index (χ1v) is 11.1. The van der Waals surface area contributed by atoms with Crippen LogP contribution in [0.15, 0.2) is 18.6 Å². The van der Waals surface area contributed by atoms with Crippen molar-refractivity contribution in [3.8, 4) is 0 Å². The van der Waals surface area contributed by atoms with Gasteiger partial charge in [-0.3, -0.25) is 33.4 Å². The van der Waals surface area contributed by atoms with E-state index in [1.165, 1.54) is 32.6 Å². The molecule has 1 amide bonds. The molecule has 1 fully saturated rings. The third-order valence-electron chi connectivity index (χ3n) is 4.34. The number of rotatable bonds is 9. The summed E-state index contributed by atoms with van der Waals surface area (Å²) in [5.74, 6) is -1.75. The highest BCUT2D eigenvalue weighted by Crippen LogP contribution is 2.53. The second kappa shape index (κ2) is 10.8. The average molecular weight is 458 g/mol. The van der Waals surface area contributed by atoms with Crippen molar-refractivity contribution in [3.63, 3.8) is 0 Å². The number of nitrogens with one attached hydrogen (secondary N) is 2. The van der Waals surface area contributed by atoms with Crippen molar-refractivity contribution in [2.75, 3.05) is 20.3 Å². The van der Waals surface area contributed by atoms with E-state index >= 15 is 0 Å². The van der Waals surface area contributed by atoms with Crippen molar-refractivity contribution >= 4 is 25.6 Å². The Hall–Kier alpha value is -2.40. The van der Waals surface area contributed by atoms with Crippen LogP contribution in [0.1, 0.15) is 32.9 Å². The van der Waals surface area contributed by atoms with Crippen LogP contribution in [0, 0.1) is 5.41 Å². The second-order valence-corrected chi connectivity index (χ2v) is 9.24. The van der Waals surface area contributed by atoms with Crippen LogP contribution in [0.3, 0.4) is 0 Å². The molecule has 2 heterocycles. The van der Waals surface area contributed by atoms with E-state index in [0.29, 0.717) is 5.69 Å². The van der Waals surface area contributed by atoms with E-state index in [4.69, 9.17) is 13.8 Å². The molecule has 13 heteroatoms. The van der Waals surface area contributed by atoms with E-state index in [1.807, 2.05) is 0 Å². The van der Waals surface area contributed by atoms with Crippen molar-refractivity contribution in [2.45, 2.75) is 45.9 Å². The minimum absolute atomic E-state index is 0.0174. The predicted molar refractivity (Wildman–Crippen MR) is 106 cm³/mol. The molecule has 1 saturated heterocycles. The van der Waals surface area contributed by atoms with Crippen LogP contribution in [-0.2, 0) is 44.1 Å². The lowest BCUT2D eigenvalue weighted by atomic mass is 9.87. The Morgan fingerprint density at radius 1 is 1.35 bits per heavy atom. The topological polar surface area (TPSA) is 155 Å². The quantitative estimate of drug-likeness (QED) is 0.397. The molecule has 1 aliphatic rings. The highest BCUT2D eigenvalue weighted by molar-refractivity contribution is 7.51. The minimum Gasteiger partial charge on any atom is -0.469 e. The van der Waals surface area contributed by atoms with E-state index in [-0.39, 0.29) is 26.2 Å². The van der Waals surface area contributed by atoms with E-state index in [2.05, 4.69) is 25.1 Å². The summed E-state index contributed by atoms with van der Waals surface area (Å²) in [7, 11) is -2.75. The van der Waals surface area contributed by atoms with Gasteiger partial charge in [0.2, 0.25) is 5.91 Å². The van der Waals surface area contributed by atoms with E-state index in [1.54, 1.807) is 13.8 Å². The molecule has 0 aromatic carbocycles. The van der Waals surface area contributed by atoms with Crippen LogP contribution in [0.25, 0.3) is 0 Å². The summed E-state index contributed by atoms with van der Waals surface area (Å²) in [5, 5.41) is 5.04. The molecule has 0 radical (unpaired) electrons. The smallest absolute Gasteiger partial charge is 0.407 e. The molecular formula is C18H27N4O8P. The lowest BCUT2D eigenvalue weighted by Crippen LogP contribution is -2.51. The van der Waals surface area contributed by atoms with Gasteiger partial charge in [-0.2, -0.15) is 0 Å². The average Bonchev–Trinajstić information content (AvgIpc) is 2.74. The van der Waals surface area contributed by atoms with E-state index in [0.717, 1.165) is 0 Å². The Balaban J connectivity index is 1.94. The normalized spacial score (nSPS) is 23.4. The van der Waals surface area contributed by atoms with Crippen molar-refractivity contribution in [3.05, 3.63) is 24.3 Å². The molecule has 2 N–H and O–H groups in total. The number of aromatic nitrogens is 2. The Morgan fingerprint density at radius 2 is 2.10 bits per heavy atom. The van der Waals surface area contributed by atoms with Gasteiger partial charge in [-0.25, -0.2) is 9.65 Å². The first-order valence-electron chi connectivity index (χ1n) is 9.53. The molecule has 1 aromatic heterocycles. The van der Waals surface area contributed by atoms with Gasteiger partial charge in [-0.1, -0.05) is 13.8 Å². The largest absolute Gasteiger partial charge is 0.469 e. The third-order valence-corrected chi connectivity index (χ3v) is 6.00. The maximum Gasteiger partial charge on any atom is 0.407 e. The molecule has 1 unspecified atom stereocenters. The van der Waals surface area contributed by atoms with Crippen molar-refractivity contribution in [1.29, 1.82) is 0 Å². The lowest BCUT2D eigenvalue weighted by Gasteiger charge is -2.40. The number of carbonyl (C=O) groups excluding carboxylic acids is 3. The molecule has 1 aliphatic heterocycles. The van der Waals surface area contributed by atoms with Crippen LogP contribution < -0.4 is 10.4 Å². The van der Waals surface area contributed by atoms with Crippen molar-refractivity contribution in [2.24, 2.45) is 5.41 Å². The molecule has 12 nitrogen and oxygen atoms in total. The fourth-order valence-corrected chi connectivity index (χ4v) is 4.49. The SMILES string of the molecule is COC(=O)CCNC(=O)[C@@H]1O[P@](=O)(NC(C)C(=O)OCc2cnccn2)OCC1(C)C. The Bertz CT molecular complexity index is 835. The first kappa shape index (κ1) is 24.9. The van der Waals surface area contributed by atoms with Crippen molar-refractivity contribution < 1.29 is 37.5 Å². The monoisotopic (exact) mass is 458 g/mol. The molecular weight excluding hydrogens is 431 g/mol. The fraction of sp³-hybridized carbons (Fsp3) is 0.611. The number of hydrogen-bond donors (Lipinski definition) is 2. The van der Waals surface area contributed by atoms with Crippen LogP contribution >= 0.6 is 7.75 Å². The molecule has 0 aliphatic carbocycles. The van der Waals surface area contributed by atoms with Crippen molar-refractivity contribution in [1.82, 2.24) is 20.4 Å². The van der Waals surface area contributed by atoms with Crippen LogP contribution in [0.4, 0.5) is 0 Å². The Labute approximate surface area is 180 Å². The van der Waals surface area contributed by atoms with Gasteiger partial charge < -0.3 is 14.8 Å². The number of esters is 2. The van der Waals surface area contributed by atoms with Gasteiger partial charge >= 0.3 is 19.7 Å². The van der Waals surface area contributed by atoms with Gasteiger partial charge in [-0.15, -0.1) is 0 Å². The van der Waals surface area contributed by atoms with Gasteiger partial charge in [0.1, 0.15) is 12.6 Å². The fourth-order valence-electron chi connectivity index (χ4n) is 2.56. The zero-order valence-electron chi connectivity index (χ0n) is 17.8. The number of methoxy groups -OCH3 is 1. The third kappa shape index (κ3) is 7.35. The number of carbonyl (C=O) groups is 3. The maximum atomic E-state index is 13.0. The molecule has 2 rings (SSSR count). The molecule has 31 heavy (non-hydrogen) atoms. The molecule has 172 valence electrons. The second-order valence-electron chi connectivity index (χ2n) is 7.52. The summed E-state index contributed by atoms with van der Waals surface area (Å²) in [6.45, 7) is 4.71. The van der Waals surface area contributed by atoms with Gasteiger partial charge in [-0.05, 0) is 6.92 Å². The summed E-state index contributed by atoms with van der Waals surface area (Å²) in [6.07, 6.45) is 3.25. The van der Waals surface area contributed by atoms with Gasteiger partial charge in [0.25, 0.3) is 0 Å². The first-order chi connectivity index (χ1) is 14.6. The highest BCUT2D eigenvalue weighted by atomic mass is 31.2. The van der Waals surface area contributed by atoms with Gasteiger partial charge in [0.15, 0.2) is 6.10 Å². The summed E-state index contributed by atoms with van der Waals surface area (Å²) in [4.78, 5) is 43.8. The van der Waals surface area contributed by atoms with E-state index in [9.17, 15) is 18.9 Å². The molecule has 0 saturated carbocycles. The van der Waals surface area contributed by atoms with Crippen LogP contribution in [-0.4, -0.2) is 60.2 Å². The molecule has 3 atom stereocenters. The van der Waals surface area contributed by atoms with E-state index < -0.39 is 43.2 Å². The molecule has 0 bridgehead atoms. The number of ether oxygens (including phenoxy) is 2. The minimum atomic E-state index is -4.00. The molecule has 1 aromatic rings. The zero-order valence-corrected chi connectivity index (χ0v) is 18.7. The van der Waals surface area contributed by atoms with Gasteiger partial charge in [0, 0.05) is 24.4 Å². The summed E-state index contributed by atoms with van der Waals surface area (Å²) in [5.41, 5.74) is -0.356. The Morgan fingerprint density at radius 3 is 2.74 bits per heavy atom. The predicted octanol–water partition coefficient (Wildman–Crippen LogP) is 0.727. The lowest BCUT2D eigenvalue weighted by molar-refractivity contribution is -0.147. The number of hydrogen-bond acceptors (Lipinski definition) is 10. The van der Waals surface area contributed by atoms with Crippen LogP contribution in [0.5, 0.6) is 0 Å². The van der Waals surface area contributed by atoms with Gasteiger partial charge in [0.05, 0.1) is 32.0 Å².